The van der Waals surface area contributed by atoms with Gasteiger partial charge in [-0.2, -0.15) is 126 Å². The van der Waals surface area contributed by atoms with Crippen molar-refractivity contribution in [3.63, 3.8) is 0 Å². The van der Waals surface area contributed by atoms with E-state index in [9.17, 15) is 125 Å². The second-order valence-electron chi connectivity index (χ2n) is 29.6. The molecule has 29 nitrogen and oxygen atoms in total. The van der Waals surface area contributed by atoms with E-state index in [1.54, 1.807) is 97.6 Å². The number of carboxylic acid groups (broad SMARTS) is 1. The van der Waals surface area contributed by atoms with E-state index >= 15 is 0 Å². The number of pyridine rings is 4. The number of rotatable bonds is 19. The maximum atomic E-state index is 13.5. The molecule has 2 unspecified atom stereocenters. The molecule has 53 heteroatoms. The number of nitrogen functional groups attached to an aromatic ring is 1. The van der Waals surface area contributed by atoms with Crippen LogP contribution in [0.2, 0.25) is 0 Å². The topological polar surface area (TPSA) is 378 Å². The number of benzene rings is 4. The zero-order chi connectivity index (χ0) is 103. The molecular formula is C88H62F24N20O9. The van der Waals surface area contributed by atoms with Crippen molar-refractivity contribution in [3.05, 3.63) is 334 Å². The van der Waals surface area contributed by atoms with Crippen LogP contribution in [0.15, 0.2) is 262 Å². The van der Waals surface area contributed by atoms with E-state index in [0.29, 0.717) is 69.8 Å². The molecule has 736 valence electrons. The van der Waals surface area contributed by atoms with Crippen molar-refractivity contribution in [3.8, 4) is 45.6 Å². The maximum absolute atomic E-state index is 13.5. The fraction of sp³-hybridized carbons (Fsp3) is 0.182. The monoisotopic (exact) mass is 2000 g/mol. The molecule has 0 aliphatic heterocycles. The second-order valence-corrected chi connectivity index (χ2v) is 29.6. The molecule has 0 fully saturated rings. The van der Waals surface area contributed by atoms with Gasteiger partial charge >= 0.3 is 55.4 Å². The molecule has 4 atom stereocenters. The number of anilines is 4. The number of aromatic nitrogens is 16. The summed E-state index contributed by atoms with van der Waals surface area (Å²) in [5.74, 6) is -3.85. The molecule has 0 aliphatic rings. The van der Waals surface area contributed by atoms with Crippen LogP contribution < -0.4 is 21.7 Å². The fourth-order valence-corrected chi connectivity index (χ4v) is 13.0. The summed E-state index contributed by atoms with van der Waals surface area (Å²) in [6, 6.07) is 27.6. The lowest BCUT2D eigenvalue weighted by atomic mass is 9.98. The Morgan fingerprint density at radius 3 is 0.723 bits per heavy atom. The summed E-state index contributed by atoms with van der Waals surface area (Å²) in [5, 5.41) is 46.5. The number of nitrogens with zero attached hydrogens (tertiary/aromatic N) is 16. The molecule has 141 heavy (non-hydrogen) atoms. The standard InChI is InChI=1S/3C22H15F6N5O2.C13H11F6N3.C9H6N2O3/c3*1-12(15-6-5-13(21(23,24)25)8-16(15)22(26,27)28)33-11-14(10-30-33)31-20(34)19-9-18(32-35-19)17-4-2-3-7-29-17;1-7(22-6-9(20)5-21-22)10-3-2-8(12(14,15)16)4-11(10)13(17,18)19;12-9(13)8-5-7(11-14-8)6-3-1-2-4-10-6/h3*2-12H,1H3,(H,31,34);2-7H,20H2,1H3;1-5H,(H,12,13)/t2*12-;;;/m10.../s1. The first kappa shape index (κ1) is 103. The Kier molecular flexibility index (Phi) is 30.4. The van der Waals surface area contributed by atoms with Gasteiger partial charge in [-0.05, 0) is 147 Å². The Labute approximate surface area is 773 Å². The third-order valence-corrected chi connectivity index (χ3v) is 20.0. The smallest absolute Gasteiger partial charge is 0.416 e. The van der Waals surface area contributed by atoms with Crippen LogP contribution in [0, 0.1) is 0 Å². The van der Waals surface area contributed by atoms with Crippen molar-refractivity contribution in [2.24, 2.45) is 0 Å². The number of hydrogen-bond donors (Lipinski definition) is 5. The van der Waals surface area contributed by atoms with E-state index in [4.69, 9.17) is 24.4 Å². The molecule has 16 rings (SSSR count). The lowest BCUT2D eigenvalue weighted by Gasteiger charge is -2.20. The highest BCUT2D eigenvalue weighted by Crippen LogP contribution is 2.46. The second kappa shape index (κ2) is 41.6. The van der Waals surface area contributed by atoms with Crippen LogP contribution >= 0.6 is 0 Å². The van der Waals surface area contributed by atoms with Gasteiger partial charge in [0.1, 0.15) is 22.8 Å². The number of alkyl halides is 24. The van der Waals surface area contributed by atoms with Crippen molar-refractivity contribution in [2.45, 2.75) is 101 Å². The summed E-state index contributed by atoms with van der Waals surface area (Å²) >= 11 is 0. The van der Waals surface area contributed by atoms with Crippen molar-refractivity contribution in [1.82, 2.24) is 79.7 Å². The van der Waals surface area contributed by atoms with Crippen LogP contribution in [-0.2, 0) is 49.4 Å². The van der Waals surface area contributed by atoms with E-state index in [-0.39, 0.29) is 75.6 Å². The number of nitrogens with two attached hydrogens (primary N) is 1. The molecule has 0 saturated carbocycles. The molecule has 3 amide bonds. The molecule has 0 bridgehead atoms. The minimum atomic E-state index is -5.02. The summed E-state index contributed by atoms with van der Waals surface area (Å²) < 4.78 is 339. The number of halogens is 24. The summed E-state index contributed by atoms with van der Waals surface area (Å²) in [7, 11) is 0. The van der Waals surface area contributed by atoms with Gasteiger partial charge in [0.2, 0.25) is 23.0 Å². The molecule has 12 aromatic heterocycles. The average Bonchev–Trinajstić information content (AvgIpc) is 1.76. The Hall–Kier alpha value is -16.8. The first-order valence-corrected chi connectivity index (χ1v) is 39.8. The highest BCUT2D eigenvalue weighted by molar-refractivity contribution is 6.04. The maximum Gasteiger partial charge on any atom is 0.416 e. The van der Waals surface area contributed by atoms with Gasteiger partial charge in [-0.15, -0.1) is 0 Å². The number of carboxylic acids is 1. The molecule has 12 heterocycles. The Balaban J connectivity index is 0.000000162. The number of carbonyl (C=O) groups is 4. The molecule has 6 N–H and O–H groups in total. The highest BCUT2D eigenvalue weighted by Gasteiger charge is 2.45. The predicted molar refractivity (Wildman–Crippen MR) is 444 cm³/mol. The number of aromatic carboxylic acids is 1. The molecule has 0 spiro atoms. The van der Waals surface area contributed by atoms with Crippen molar-refractivity contribution >= 4 is 46.4 Å². The van der Waals surface area contributed by atoms with Gasteiger partial charge in [-0.1, -0.05) is 69.2 Å². The van der Waals surface area contributed by atoms with Gasteiger partial charge in [-0.25, -0.2) is 4.79 Å². The SMILES string of the molecule is CC(c1ccc(C(F)(F)F)cc1C(F)(F)F)n1cc(N)cn1.CC(c1ccc(C(F)(F)F)cc1C(F)(F)F)n1cc(NC(=O)c2cc(-c3ccccn3)no2)cn1.C[C@@H](c1ccc(C(F)(F)F)cc1C(F)(F)F)n1cc(NC(=O)c2cc(-c3ccccn3)no2)cn1.C[C@H](c1ccc(C(F)(F)F)cc1C(F)(F)F)n1cc(NC(=O)c2cc(-c3ccccn3)no2)cn1.O=C(O)c1cc(-c2ccccn2)no1. The summed E-state index contributed by atoms with van der Waals surface area (Å²) in [6.45, 7) is 5.41. The van der Waals surface area contributed by atoms with Gasteiger partial charge < -0.3 is 44.9 Å². The van der Waals surface area contributed by atoms with Crippen molar-refractivity contribution < 1.29 is 148 Å². The van der Waals surface area contributed by atoms with Crippen LogP contribution in [0.4, 0.5) is 128 Å². The minimum absolute atomic E-state index is 0.0705. The summed E-state index contributed by atoms with van der Waals surface area (Å²) in [5.41, 5.74) is -3.30. The van der Waals surface area contributed by atoms with E-state index < -0.39 is 158 Å². The van der Waals surface area contributed by atoms with Gasteiger partial charge in [-0.3, -0.25) is 53.0 Å². The van der Waals surface area contributed by atoms with Crippen LogP contribution in [0.1, 0.15) is 161 Å². The first-order chi connectivity index (χ1) is 66.1. The van der Waals surface area contributed by atoms with Crippen LogP contribution in [0.25, 0.3) is 45.6 Å². The zero-order valence-corrected chi connectivity index (χ0v) is 71.4. The molecule has 4 aromatic carbocycles. The molecule has 0 aliphatic carbocycles. The molecule has 16 aromatic rings. The Morgan fingerprint density at radius 1 is 0.298 bits per heavy atom. The number of hydrogen-bond acceptors (Lipinski definition) is 21. The molecular weight excluding hydrogens is 1940 g/mol. The van der Waals surface area contributed by atoms with Gasteiger partial charge in [0, 0.05) is 73.8 Å². The summed E-state index contributed by atoms with van der Waals surface area (Å²) in [6.07, 6.45) is -23.5. The number of nitrogens with one attached hydrogen (secondary N) is 3. The largest absolute Gasteiger partial charge is 0.475 e. The summed E-state index contributed by atoms with van der Waals surface area (Å²) in [4.78, 5) is 64.2. The predicted octanol–water partition coefficient (Wildman–Crippen LogP) is 23.0. The molecule has 0 radical (unpaired) electrons. The quantitative estimate of drug-likeness (QED) is 0.0469. The lowest BCUT2D eigenvalue weighted by Crippen LogP contribution is -2.17. The highest BCUT2D eigenvalue weighted by atomic mass is 19.4. The third kappa shape index (κ3) is 26.1. The van der Waals surface area contributed by atoms with Crippen LogP contribution in [0.3, 0.4) is 0 Å². The van der Waals surface area contributed by atoms with E-state index in [1.807, 2.05) is 0 Å². The lowest BCUT2D eigenvalue weighted by molar-refractivity contribution is -0.145. The Bertz CT molecular complexity index is 6530. The van der Waals surface area contributed by atoms with Crippen molar-refractivity contribution in [2.75, 3.05) is 21.7 Å². The van der Waals surface area contributed by atoms with Gasteiger partial charge in [0.25, 0.3) is 17.7 Å². The fourth-order valence-electron chi connectivity index (χ4n) is 13.0. The molecule has 0 saturated heterocycles. The van der Waals surface area contributed by atoms with Crippen LogP contribution in [-0.4, -0.2) is 108 Å². The van der Waals surface area contributed by atoms with E-state index in [2.05, 4.69) is 81.4 Å². The van der Waals surface area contributed by atoms with Crippen molar-refractivity contribution in [1.29, 1.82) is 0 Å². The minimum Gasteiger partial charge on any atom is -0.475 e. The normalized spacial score (nSPS) is 12.9. The number of carbonyl (C=O) groups excluding carboxylic acids is 3. The third-order valence-electron chi connectivity index (χ3n) is 20.0. The van der Waals surface area contributed by atoms with Crippen LogP contribution in [0.5, 0.6) is 0 Å². The van der Waals surface area contributed by atoms with E-state index in [0.717, 1.165) is 43.0 Å². The van der Waals surface area contributed by atoms with Gasteiger partial charge in [0.05, 0.1) is 139 Å². The Morgan fingerprint density at radius 2 is 0.525 bits per heavy atom. The number of amides is 3. The first-order valence-electron chi connectivity index (χ1n) is 39.8. The zero-order valence-electron chi connectivity index (χ0n) is 71.4. The van der Waals surface area contributed by atoms with E-state index in [1.165, 1.54) is 102 Å². The van der Waals surface area contributed by atoms with Gasteiger partial charge in [0.15, 0.2) is 0 Å². The average molecular weight is 2000 g/mol.